The molecular formula is C44H56N2O5. The first-order valence-electron chi connectivity index (χ1n) is 19.1. The Morgan fingerprint density at radius 1 is 1.08 bits per heavy atom. The van der Waals surface area contributed by atoms with Crippen LogP contribution in [-0.4, -0.2) is 50.8 Å². The molecule has 0 spiro atoms. The molecule has 0 radical (unpaired) electrons. The number of nitrogens with zero attached hydrogens (tertiary/aromatic N) is 1. The molecule has 1 aromatic carbocycles. The van der Waals surface area contributed by atoms with E-state index in [0.717, 1.165) is 58.9 Å². The van der Waals surface area contributed by atoms with Gasteiger partial charge in [-0.3, -0.25) is 9.59 Å². The minimum atomic E-state index is -0.851. The summed E-state index contributed by atoms with van der Waals surface area (Å²) >= 11 is 0. The van der Waals surface area contributed by atoms with Gasteiger partial charge in [-0.05, 0) is 120 Å². The molecule has 9 atom stereocenters. The zero-order chi connectivity index (χ0) is 37.0. The summed E-state index contributed by atoms with van der Waals surface area (Å²) in [6, 6.07) is 1.78. The van der Waals surface area contributed by atoms with Crippen LogP contribution in [0, 0.1) is 28.6 Å². The summed E-state index contributed by atoms with van der Waals surface area (Å²) in [5.41, 5.74) is 6.46. The van der Waals surface area contributed by atoms with Crippen molar-refractivity contribution in [2.45, 2.75) is 129 Å². The van der Waals surface area contributed by atoms with Gasteiger partial charge in [-0.1, -0.05) is 51.2 Å². The predicted molar refractivity (Wildman–Crippen MR) is 201 cm³/mol. The van der Waals surface area contributed by atoms with Crippen LogP contribution < -0.4 is 5.32 Å². The van der Waals surface area contributed by atoms with Crippen molar-refractivity contribution < 1.29 is 24.5 Å². The summed E-state index contributed by atoms with van der Waals surface area (Å²) in [5, 5.41) is 27.7. The Morgan fingerprint density at radius 3 is 2.45 bits per heavy atom. The normalized spacial score (nSPS) is 38.6. The van der Waals surface area contributed by atoms with E-state index >= 15 is 0 Å². The lowest BCUT2D eigenvalue weighted by molar-refractivity contribution is -0.144. The van der Waals surface area contributed by atoms with Crippen LogP contribution in [-0.2, 0) is 21.4 Å². The Hall–Kier alpha value is -3.26. The van der Waals surface area contributed by atoms with Gasteiger partial charge in [0.15, 0.2) is 5.78 Å². The summed E-state index contributed by atoms with van der Waals surface area (Å²) in [4.78, 5) is 27.1. The van der Waals surface area contributed by atoms with E-state index < -0.39 is 34.9 Å². The number of benzene rings is 1. The minimum absolute atomic E-state index is 0.0353. The Morgan fingerprint density at radius 2 is 1.78 bits per heavy atom. The van der Waals surface area contributed by atoms with E-state index in [1.807, 2.05) is 26.0 Å². The molecule has 8 rings (SSSR count). The molecule has 4 aliphatic carbocycles. The molecule has 3 heterocycles. The van der Waals surface area contributed by atoms with Crippen molar-refractivity contribution in [1.29, 1.82) is 0 Å². The van der Waals surface area contributed by atoms with Crippen LogP contribution in [0.4, 0.5) is 0 Å². The molecule has 7 nitrogen and oxygen atoms in total. The fraction of sp³-hybridized carbons (Fsp3) is 0.591. The van der Waals surface area contributed by atoms with Gasteiger partial charge >= 0.3 is 0 Å². The predicted octanol–water partition coefficient (Wildman–Crippen LogP) is 7.84. The smallest absolute Gasteiger partial charge is 0.246 e. The van der Waals surface area contributed by atoms with Crippen LogP contribution >= 0.6 is 0 Å². The van der Waals surface area contributed by atoms with E-state index in [1.54, 1.807) is 7.05 Å². The number of likely N-dealkylation sites (N-methyl/N-ethyl adjacent to an activating group) is 1. The molecule has 1 amide bonds. The number of Topliss-reactive ketones (excluding diaryl/α,β-unsaturated/α-hetero) is 1. The Balaban J connectivity index is 1.34. The van der Waals surface area contributed by atoms with Crippen molar-refractivity contribution in [3.8, 4) is 0 Å². The molecule has 272 valence electrons. The molecule has 3 N–H and O–H groups in total. The van der Waals surface area contributed by atoms with E-state index in [4.69, 9.17) is 4.74 Å². The fourth-order valence-electron chi connectivity index (χ4n) is 12.8. The van der Waals surface area contributed by atoms with Gasteiger partial charge in [0.25, 0.3) is 0 Å². The molecule has 6 aliphatic rings. The maximum atomic E-state index is 14.9. The van der Waals surface area contributed by atoms with E-state index in [9.17, 15) is 19.8 Å². The van der Waals surface area contributed by atoms with Crippen LogP contribution in [0.2, 0.25) is 0 Å². The third-order valence-corrected chi connectivity index (χ3v) is 15.0. The van der Waals surface area contributed by atoms with E-state index in [0.29, 0.717) is 23.5 Å². The summed E-state index contributed by atoms with van der Waals surface area (Å²) < 4.78 is 8.90. The number of ketones is 1. The van der Waals surface area contributed by atoms with Crippen LogP contribution in [0.1, 0.15) is 133 Å². The number of carbonyl (C=O) groups is 2. The number of aliphatic hydroxyl groups excluding tert-OH is 2. The third kappa shape index (κ3) is 4.23. The highest BCUT2D eigenvalue weighted by Crippen LogP contribution is 2.71. The summed E-state index contributed by atoms with van der Waals surface area (Å²) in [7, 11) is 1.64. The number of aromatic nitrogens is 1. The third-order valence-electron chi connectivity index (χ3n) is 15.0. The van der Waals surface area contributed by atoms with Crippen LogP contribution in [0.15, 0.2) is 48.1 Å². The minimum Gasteiger partial charge on any atom is -0.392 e. The Labute approximate surface area is 302 Å². The Kier molecular flexibility index (Phi) is 7.28. The van der Waals surface area contributed by atoms with Gasteiger partial charge < -0.3 is 24.8 Å². The van der Waals surface area contributed by atoms with Gasteiger partial charge in [0, 0.05) is 46.0 Å². The van der Waals surface area contributed by atoms with Gasteiger partial charge in [0.2, 0.25) is 5.91 Å². The van der Waals surface area contributed by atoms with Crippen LogP contribution in [0.25, 0.3) is 16.5 Å². The number of ether oxygens (including phenoxy) is 1. The first-order chi connectivity index (χ1) is 23.7. The second-order valence-corrected chi connectivity index (χ2v) is 18.6. The van der Waals surface area contributed by atoms with Crippen molar-refractivity contribution in [2.24, 2.45) is 28.6 Å². The number of nitrogens with one attached hydrogen (secondary N) is 1. The number of rotatable bonds is 4. The van der Waals surface area contributed by atoms with Crippen molar-refractivity contribution in [3.63, 3.8) is 0 Å². The summed E-state index contributed by atoms with van der Waals surface area (Å²) in [6.45, 7) is 23.6. The highest BCUT2D eigenvalue weighted by Gasteiger charge is 2.67. The van der Waals surface area contributed by atoms with E-state index in [1.165, 1.54) is 11.3 Å². The molecule has 0 saturated heterocycles. The lowest BCUT2D eigenvalue weighted by Gasteiger charge is -2.64. The Bertz CT molecular complexity index is 2040. The fourth-order valence-corrected chi connectivity index (χ4v) is 12.8. The van der Waals surface area contributed by atoms with Gasteiger partial charge in [-0.2, -0.15) is 0 Å². The summed E-state index contributed by atoms with van der Waals surface area (Å²) in [5.74, 6) is 0.233. The largest absolute Gasteiger partial charge is 0.392 e. The lowest BCUT2D eigenvalue weighted by atomic mass is 9.40. The number of fused-ring (bicyclic) bond motifs is 11. The first-order valence-corrected chi connectivity index (χ1v) is 19.1. The second-order valence-electron chi connectivity index (χ2n) is 18.6. The molecule has 2 saturated carbocycles. The molecule has 7 heteroatoms. The number of hydrogen-bond acceptors (Lipinski definition) is 5. The topological polar surface area (TPSA) is 101 Å². The van der Waals surface area contributed by atoms with Gasteiger partial charge in [0.1, 0.15) is 6.04 Å². The standard InChI is InChI=1S/C44H56N2O5/c1-22(2)34-37(49)32-31-25(28-21-40(4,5)51-41(6,7)33(28)36(31)48)20-26-27-19-24-14-15-29-42(8,17-12-13-23(3)39(50)45-11)30(47)16-18-43(29,9)44(24,10)38(27)46(34)35(26)32/h12-13,17,20-21,24,29-30,33-34,36,47-48H,1,14-16,18-19H2,2-11H3,(H,45,50)/b17-12+,23-13+/t24-,29-,30-,33+,34+,36+,42-,43-,44+/m0/s1. The zero-order valence-corrected chi connectivity index (χ0v) is 32.2. The molecule has 51 heavy (non-hydrogen) atoms. The molecule has 2 aromatic rings. The average molecular weight is 693 g/mol. The van der Waals surface area contributed by atoms with Gasteiger partial charge in [-0.15, -0.1) is 0 Å². The molecule has 0 bridgehead atoms. The average Bonchev–Trinajstić information content (AvgIpc) is 3.71. The monoisotopic (exact) mass is 692 g/mol. The number of hydrogen-bond donors (Lipinski definition) is 3. The van der Waals surface area contributed by atoms with Crippen LogP contribution in [0.3, 0.4) is 0 Å². The maximum absolute atomic E-state index is 14.9. The number of amides is 1. The van der Waals surface area contributed by atoms with Crippen molar-refractivity contribution in [3.05, 3.63) is 76.0 Å². The number of allylic oxidation sites excluding steroid dienone is 3. The zero-order valence-electron chi connectivity index (χ0n) is 32.2. The molecule has 2 aliphatic heterocycles. The van der Waals surface area contributed by atoms with Crippen molar-refractivity contribution in [2.75, 3.05) is 7.05 Å². The van der Waals surface area contributed by atoms with Crippen molar-refractivity contribution >= 4 is 28.2 Å². The molecular weight excluding hydrogens is 636 g/mol. The first kappa shape index (κ1) is 34.8. The highest BCUT2D eigenvalue weighted by molar-refractivity contribution is 6.18. The lowest BCUT2D eigenvalue weighted by Crippen LogP contribution is -2.62. The molecule has 1 aromatic heterocycles. The highest BCUT2D eigenvalue weighted by atomic mass is 16.5. The second kappa shape index (κ2) is 10.7. The summed E-state index contributed by atoms with van der Waals surface area (Å²) in [6.07, 6.45) is 11.3. The SMILES string of the molecule is C=C(C)[C@@H]1C(=O)c2c3c(cc4c5c(n1c24)[C@@]1(C)[C@@H](CC[C@H]2[C@](C)(/C=C/C=C(\C)C(=O)NC)[C@@H](O)CC[C@@]21C)C5)C1=CC(C)(C)OC(C)(C)[C@H]1[C@@H]3O. The number of carbonyl (C=O) groups excluding carboxylic acids is 2. The van der Waals surface area contributed by atoms with E-state index in [2.05, 4.69) is 83.1 Å². The van der Waals surface area contributed by atoms with Gasteiger partial charge in [0.05, 0.1) is 34.5 Å². The maximum Gasteiger partial charge on any atom is 0.246 e. The van der Waals surface area contributed by atoms with Crippen molar-refractivity contribution in [1.82, 2.24) is 9.88 Å². The van der Waals surface area contributed by atoms with E-state index in [-0.39, 0.29) is 34.4 Å². The molecule has 2 fully saturated rings. The quantitative estimate of drug-likeness (QED) is 0.172. The van der Waals surface area contributed by atoms with Crippen LogP contribution in [0.5, 0.6) is 0 Å². The molecule has 0 unspecified atom stereocenters. The number of aliphatic hydroxyl groups is 2. The van der Waals surface area contributed by atoms with Gasteiger partial charge in [-0.25, -0.2) is 0 Å².